The summed E-state index contributed by atoms with van der Waals surface area (Å²) < 4.78 is 5.15. The molecule has 1 aromatic heterocycles. The van der Waals surface area contributed by atoms with Crippen LogP contribution in [0.4, 0.5) is 0 Å². The molecular formula is C15H19ClN2O3. The fourth-order valence-corrected chi connectivity index (χ4v) is 2.58. The van der Waals surface area contributed by atoms with Crippen LogP contribution >= 0.6 is 11.6 Å². The monoisotopic (exact) mass is 310 g/mol. The minimum absolute atomic E-state index is 0.0717. The molecule has 1 fully saturated rings. The molecule has 0 saturated heterocycles. The van der Waals surface area contributed by atoms with Gasteiger partial charge in [0.05, 0.1) is 5.56 Å². The Kier molecular flexibility index (Phi) is 5.56. The maximum absolute atomic E-state index is 12.0. The molecule has 1 N–H and O–H groups in total. The minimum atomic E-state index is -0.851. The van der Waals surface area contributed by atoms with Gasteiger partial charge in [-0.3, -0.25) is 4.79 Å². The van der Waals surface area contributed by atoms with Gasteiger partial charge in [-0.2, -0.15) is 0 Å². The molecule has 1 aliphatic rings. The fourth-order valence-electron chi connectivity index (χ4n) is 2.38. The van der Waals surface area contributed by atoms with Gasteiger partial charge in [0.25, 0.3) is 5.91 Å². The van der Waals surface area contributed by atoms with Crippen molar-refractivity contribution in [2.45, 2.75) is 51.2 Å². The van der Waals surface area contributed by atoms with Gasteiger partial charge in [0, 0.05) is 12.2 Å². The molecule has 2 rings (SSSR count). The van der Waals surface area contributed by atoms with Crippen LogP contribution in [0.3, 0.4) is 0 Å². The standard InChI is InChI=1S/C15H19ClN2O3/c1-10(14(19)18-11-6-3-2-4-7-11)21-15(20)12-8-5-9-17-13(12)16/h5,8-11H,2-4,6-7H2,1H3,(H,18,19)/t10-/m1/s1. The summed E-state index contributed by atoms with van der Waals surface area (Å²) in [6.45, 7) is 1.56. The molecular weight excluding hydrogens is 292 g/mol. The van der Waals surface area contributed by atoms with Crippen molar-refractivity contribution < 1.29 is 14.3 Å². The van der Waals surface area contributed by atoms with Crippen LogP contribution in [0.1, 0.15) is 49.4 Å². The highest BCUT2D eigenvalue weighted by Crippen LogP contribution is 2.18. The van der Waals surface area contributed by atoms with Crippen molar-refractivity contribution in [1.82, 2.24) is 10.3 Å². The lowest BCUT2D eigenvalue weighted by molar-refractivity contribution is -0.130. The molecule has 21 heavy (non-hydrogen) atoms. The first-order valence-corrected chi connectivity index (χ1v) is 7.57. The van der Waals surface area contributed by atoms with Crippen LogP contribution in [-0.4, -0.2) is 29.0 Å². The molecule has 1 atom stereocenters. The Morgan fingerprint density at radius 3 is 2.76 bits per heavy atom. The molecule has 6 heteroatoms. The predicted molar refractivity (Wildman–Crippen MR) is 79.1 cm³/mol. The summed E-state index contributed by atoms with van der Waals surface area (Å²) in [5.41, 5.74) is 0.163. The summed E-state index contributed by atoms with van der Waals surface area (Å²) in [7, 11) is 0. The van der Waals surface area contributed by atoms with Gasteiger partial charge in [0.1, 0.15) is 5.15 Å². The number of nitrogens with one attached hydrogen (secondary N) is 1. The highest BCUT2D eigenvalue weighted by atomic mass is 35.5. The van der Waals surface area contributed by atoms with Crippen molar-refractivity contribution in [2.24, 2.45) is 0 Å². The van der Waals surface area contributed by atoms with Crippen LogP contribution in [0.2, 0.25) is 5.15 Å². The second-order valence-electron chi connectivity index (χ2n) is 5.23. The summed E-state index contributed by atoms with van der Waals surface area (Å²) in [5, 5.41) is 3.00. The van der Waals surface area contributed by atoms with Gasteiger partial charge in [-0.05, 0) is 31.9 Å². The maximum Gasteiger partial charge on any atom is 0.342 e. The second-order valence-corrected chi connectivity index (χ2v) is 5.59. The number of amides is 1. The van der Waals surface area contributed by atoms with Crippen molar-refractivity contribution in [1.29, 1.82) is 0 Å². The molecule has 114 valence electrons. The van der Waals surface area contributed by atoms with Gasteiger partial charge in [-0.25, -0.2) is 9.78 Å². The first kappa shape index (κ1) is 15.8. The first-order valence-electron chi connectivity index (χ1n) is 7.20. The van der Waals surface area contributed by atoms with Crippen LogP contribution < -0.4 is 5.32 Å². The third-order valence-corrected chi connectivity index (χ3v) is 3.88. The Balaban J connectivity index is 1.88. The van der Waals surface area contributed by atoms with E-state index in [2.05, 4.69) is 10.3 Å². The molecule has 0 aromatic carbocycles. The Bertz CT molecular complexity index is 515. The molecule has 0 spiro atoms. The van der Waals surface area contributed by atoms with Crippen molar-refractivity contribution in [3.05, 3.63) is 29.0 Å². The lowest BCUT2D eigenvalue weighted by atomic mass is 9.95. The first-order chi connectivity index (χ1) is 10.1. The molecule has 1 aliphatic carbocycles. The van der Waals surface area contributed by atoms with Gasteiger partial charge < -0.3 is 10.1 Å². The largest absolute Gasteiger partial charge is 0.449 e. The Labute approximate surface area is 129 Å². The predicted octanol–water partition coefficient (Wildman–Crippen LogP) is 2.73. The van der Waals surface area contributed by atoms with Crippen LogP contribution in [-0.2, 0) is 9.53 Å². The minimum Gasteiger partial charge on any atom is -0.449 e. The van der Waals surface area contributed by atoms with Gasteiger partial charge in [0.2, 0.25) is 0 Å². The van der Waals surface area contributed by atoms with E-state index in [4.69, 9.17) is 16.3 Å². The molecule has 1 heterocycles. The third-order valence-electron chi connectivity index (χ3n) is 3.58. The third kappa shape index (κ3) is 4.43. The number of ether oxygens (including phenoxy) is 1. The molecule has 0 radical (unpaired) electrons. The quantitative estimate of drug-likeness (QED) is 0.686. The number of hydrogen-bond donors (Lipinski definition) is 1. The average molecular weight is 311 g/mol. The molecule has 1 saturated carbocycles. The van der Waals surface area contributed by atoms with Crippen molar-refractivity contribution >= 4 is 23.5 Å². The summed E-state index contributed by atoms with van der Waals surface area (Å²) in [6.07, 6.45) is 6.08. The lowest BCUT2D eigenvalue weighted by Gasteiger charge is -2.24. The fraction of sp³-hybridized carbons (Fsp3) is 0.533. The highest BCUT2D eigenvalue weighted by Gasteiger charge is 2.23. The molecule has 0 bridgehead atoms. The summed E-state index contributed by atoms with van der Waals surface area (Å²) >= 11 is 5.83. The zero-order valence-electron chi connectivity index (χ0n) is 12.0. The van der Waals surface area contributed by atoms with E-state index in [1.807, 2.05) is 0 Å². The summed E-state index contributed by atoms with van der Waals surface area (Å²) in [6, 6.07) is 3.30. The van der Waals surface area contributed by atoms with E-state index >= 15 is 0 Å². The van der Waals surface area contributed by atoms with Gasteiger partial charge in [0.15, 0.2) is 6.10 Å². The van der Waals surface area contributed by atoms with E-state index in [0.29, 0.717) is 0 Å². The zero-order chi connectivity index (χ0) is 15.2. The number of esters is 1. The Morgan fingerprint density at radius 1 is 1.38 bits per heavy atom. The number of hydrogen-bond acceptors (Lipinski definition) is 4. The molecule has 0 unspecified atom stereocenters. The van der Waals surface area contributed by atoms with Gasteiger partial charge >= 0.3 is 5.97 Å². The highest BCUT2D eigenvalue weighted by molar-refractivity contribution is 6.32. The van der Waals surface area contributed by atoms with E-state index in [1.54, 1.807) is 13.0 Å². The van der Waals surface area contributed by atoms with Crippen molar-refractivity contribution in [3.8, 4) is 0 Å². The van der Waals surface area contributed by atoms with E-state index in [-0.39, 0.29) is 22.7 Å². The zero-order valence-corrected chi connectivity index (χ0v) is 12.7. The number of nitrogens with zero attached hydrogens (tertiary/aromatic N) is 1. The number of rotatable bonds is 4. The van der Waals surface area contributed by atoms with Crippen molar-refractivity contribution in [3.63, 3.8) is 0 Å². The number of pyridine rings is 1. The number of carbonyl (C=O) groups is 2. The smallest absolute Gasteiger partial charge is 0.342 e. The van der Waals surface area contributed by atoms with E-state index in [0.717, 1.165) is 25.7 Å². The topological polar surface area (TPSA) is 68.3 Å². The maximum atomic E-state index is 12.0. The molecule has 5 nitrogen and oxygen atoms in total. The summed E-state index contributed by atoms with van der Waals surface area (Å²) in [5.74, 6) is -0.908. The van der Waals surface area contributed by atoms with E-state index in [9.17, 15) is 9.59 Å². The SMILES string of the molecule is C[C@@H](OC(=O)c1cccnc1Cl)C(=O)NC1CCCCC1. The summed E-state index contributed by atoms with van der Waals surface area (Å²) in [4.78, 5) is 27.8. The number of carbonyl (C=O) groups excluding carboxylic acids is 2. The van der Waals surface area contributed by atoms with Gasteiger partial charge in [-0.1, -0.05) is 30.9 Å². The van der Waals surface area contributed by atoms with Crippen LogP contribution in [0.5, 0.6) is 0 Å². The van der Waals surface area contributed by atoms with Crippen LogP contribution in [0.25, 0.3) is 0 Å². The molecule has 1 aromatic rings. The normalized spacial score (nSPS) is 17.0. The second kappa shape index (κ2) is 7.41. The van der Waals surface area contributed by atoms with Crippen LogP contribution in [0, 0.1) is 0 Å². The Hall–Kier alpha value is -1.62. The van der Waals surface area contributed by atoms with E-state index in [1.165, 1.54) is 18.7 Å². The lowest BCUT2D eigenvalue weighted by Crippen LogP contribution is -2.42. The average Bonchev–Trinajstić information content (AvgIpc) is 2.48. The number of halogens is 1. The van der Waals surface area contributed by atoms with Gasteiger partial charge in [-0.15, -0.1) is 0 Å². The van der Waals surface area contributed by atoms with Crippen molar-refractivity contribution in [2.75, 3.05) is 0 Å². The number of aromatic nitrogens is 1. The molecule has 1 amide bonds. The Morgan fingerprint density at radius 2 is 2.10 bits per heavy atom. The van der Waals surface area contributed by atoms with Crippen LogP contribution in [0.15, 0.2) is 18.3 Å². The molecule has 0 aliphatic heterocycles. The van der Waals surface area contributed by atoms with E-state index < -0.39 is 12.1 Å².